The number of aromatic nitrogens is 1. The summed E-state index contributed by atoms with van der Waals surface area (Å²) >= 11 is 6.47. The first-order chi connectivity index (χ1) is 19.8. The van der Waals surface area contributed by atoms with Crippen molar-refractivity contribution in [3.8, 4) is 22.8 Å². The number of aliphatic hydroxyl groups excluding tert-OH is 2. The zero-order valence-corrected chi connectivity index (χ0v) is 24.5. The van der Waals surface area contributed by atoms with E-state index in [1.54, 1.807) is 24.4 Å². The number of hydrogen-bond donors (Lipinski definition) is 2. The molecule has 2 aromatic carbocycles. The zero-order valence-electron chi connectivity index (χ0n) is 23.7. The lowest BCUT2D eigenvalue weighted by molar-refractivity contribution is -0.333. The zero-order chi connectivity index (χ0) is 29.3. The Hall–Kier alpha value is -2.86. The molecule has 3 atom stereocenters. The van der Waals surface area contributed by atoms with Crippen LogP contribution in [0.15, 0.2) is 42.6 Å². The van der Waals surface area contributed by atoms with E-state index < -0.39 is 11.6 Å². The lowest BCUT2D eigenvalue weighted by atomic mass is 9.83. The molecule has 1 heterocycles. The van der Waals surface area contributed by atoms with E-state index in [0.717, 1.165) is 43.6 Å². The standard InChI is InChI=1S/C30H30ClF2NO5.CH4O.H2O/c1-3-38-39-30(2)24-9-17-10-28(34-13-23(17)29(24)30)37-15-18-8-22(27(33)12-26(18)32)21-5-4-20(11-25(21)31)36-14-16-6-19(35)7-16;1-2;/h4-5,8,10-13,16,19,24,29,35H,3,6-7,9,14-15H2,1-2H3;2H,1H3;1H2. The number of ether oxygens (including phenoxy) is 2. The summed E-state index contributed by atoms with van der Waals surface area (Å²) in [5.74, 6) is 0.401. The molecule has 3 aliphatic carbocycles. The van der Waals surface area contributed by atoms with E-state index in [9.17, 15) is 13.9 Å². The molecule has 1 aromatic heterocycles. The van der Waals surface area contributed by atoms with Gasteiger partial charge in [-0.25, -0.2) is 23.5 Å². The summed E-state index contributed by atoms with van der Waals surface area (Å²) in [4.78, 5) is 15.2. The van der Waals surface area contributed by atoms with Crippen molar-refractivity contribution < 1.29 is 43.7 Å². The number of pyridine rings is 1. The molecule has 8 nitrogen and oxygen atoms in total. The largest absolute Gasteiger partial charge is 0.493 e. The van der Waals surface area contributed by atoms with Gasteiger partial charge in [-0.15, -0.1) is 0 Å². The fourth-order valence-electron chi connectivity index (χ4n) is 5.90. The number of aliphatic hydroxyl groups is 2. The first-order valence-corrected chi connectivity index (χ1v) is 14.1. The van der Waals surface area contributed by atoms with Crippen molar-refractivity contribution in [1.82, 2.24) is 4.98 Å². The van der Waals surface area contributed by atoms with Crippen molar-refractivity contribution in [3.05, 3.63) is 75.9 Å². The molecule has 4 N–H and O–H groups in total. The van der Waals surface area contributed by atoms with Gasteiger partial charge >= 0.3 is 0 Å². The number of nitrogens with zero attached hydrogens (tertiary/aromatic N) is 1. The maximum Gasteiger partial charge on any atom is 0.213 e. The van der Waals surface area contributed by atoms with Gasteiger partial charge in [0.15, 0.2) is 0 Å². The minimum absolute atomic E-state index is 0. The van der Waals surface area contributed by atoms with Crippen LogP contribution in [0.4, 0.5) is 8.78 Å². The highest BCUT2D eigenvalue weighted by molar-refractivity contribution is 6.33. The monoisotopic (exact) mass is 607 g/mol. The van der Waals surface area contributed by atoms with Crippen LogP contribution < -0.4 is 9.47 Å². The van der Waals surface area contributed by atoms with Gasteiger partial charge in [0.25, 0.3) is 0 Å². The molecule has 0 spiro atoms. The number of rotatable bonds is 10. The van der Waals surface area contributed by atoms with Crippen LogP contribution in [0.5, 0.6) is 11.6 Å². The molecule has 2 fully saturated rings. The molecule has 0 saturated heterocycles. The van der Waals surface area contributed by atoms with E-state index in [1.807, 2.05) is 13.0 Å². The van der Waals surface area contributed by atoms with Gasteiger partial charge in [0.1, 0.15) is 29.6 Å². The normalized spacial score (nSPS) is 24.8. The molecular weight excluding hydrogens is 572 g/mol. The fourth-order valence-corrected chi connectivity index (χ4v) is 6.17. The minimum Gasteiger partial charge on any atom is -0.493 e. The SMILES string of the molecule is CCOOC1(C)C2Cc3cc(OCc4cc(-c5ccc(OCC6CC(O)C6)cc5Cl)c(F)cc4F)ncc3C21.CO.O. The summed E-state index contributed by atoms with van der Waals surface area (Å²) in [6.07, 6.45) is 3.83. The van der Waals surface area contributed by atoms with E-state index in [2.05, 4.69) is 11.9 Å². The van der Waals surface area contributed by atoms with Crippen molar-refractivity contribution in [3.63, 3.8) is 0 Å². The van der Waals surface area contributed by atoms with Crippen LogP contribution in [0, 0.1) is 23.5 Å². The van der Waals surface area contributed by atoms with Crippen LogP contribution >= 0.6 is 11.6 Å². The van der Waals surface area contributed by atoms with Gasteiger partial charge in [0.2, 0.25) is 5.88 Å². The molecule has 0 aliphatic heterocycles. The summed E-state index contributed by atoms with van der Waals surface area (Å²) in [5.41, 5.74) is 2.71. The van der Waals surface area contributed by atoms with Crippen LogP contribution in [0.2, 0.25) is 5.02 Å². The maximum atomic E-state index is 14.8. The Kier molecular flexibility index (Phi) is 10.1. The highest BCUT2D eigenvalue weighted by atomic mass is 35.5. The summed E-state index contributed by atoms with van der Waals surface area (Å²) in [7, 11) is 1.00. The van der Waals surface area contributed by atoms with Crippen LogP contribution in [0.3, 0.4) is 0 Å². The smallest absolute Gasteiger partial charge is 0.213 e. The molecule has 0 amide bonds. The van der Waals surface area contributed by atoms with Crippen molar-refractivity contribution >= 4 is 11.6 Å². The van der Waals surface area contributed by atoms with Crippen LogP contribution in [0.1, 0.15) is 49.3 Å². The highest BCUT2D eigenvalue weighted by Crippen LogP contribution is 2.66. The van der Waals surface area contributed by atoms with Gasteiger partial charge < -0.3 is 25.2 Å². The van der Waals surface area contributed by atoms with Gasteiger partial charge in [0, 0.05) is 54.0 Å². The van der Waals surface area contributed by atoms with Gasteiger partial charge in [-0.2, -0.15) is 0 Å². The quantitative estimate of drug-likeness (QED) is 0.240. The number of fused-ring (bicyclic) bond motifs is 3. The highest BCUT2D eigenvalue weighted by Gasteiger charge is 2.68. The Morgan fingerprint density at radius 1 is 1.05 bits per heavy atom. The molecule has 3 unspecified atom stereocenters. The van der Waals surface area contributed by atoms with Gasteiger partial charge in [-0.3, -0.25) is 0 Å². The van der Waals surface area contributed by atoms with E-state index >= 15 is 0 Å². The summed E-state index contributed by atoms with van der Waals surface area (Å²) in [6, 6.07) is 9.13. The molecule has 0 radical (unpaired) electrons. The topological polar surface area (TPSA) is 122 Å². The Balaban J connectivity index is 0.00000132. The van der Waals surface area contributed by atoms with Crippen LogP contribution in [-0.2, 0) is 22.8 Å². The predicted molar refractivity (Wildman–Crippen MR) is 152 cm³/mol. The van der Waals surface area contributed by atoms with Gasteiger partial charge in [0.05, 0.1) is 24.3 Å². The van der Waals surface area contributed by atoms with Gasteiger partial charge in [-0.05, 0) is 74.4 Å². The summed E-state index contributed by atoms with van der Waals surface area (Å²) in [6.45, 7) is 4.80. The molecule has 3 aliphatic rings. The summed E-state index contributed by atoms with van der Waals surface area (Å²) in [5, 5.41) is 16.7. The molecular formula is C31H36ClF2NO7. The lowest BCUT2D eigenvalue weighted by Gasteiger charge is -2.31. The van der Waals surface area contributed by atoms with E-state index in [0.29, 0.717) is 42.2 Å². The van der Waals surface area contributed by atoms with Crippen molar-refractivity contribution in [1.29, 1.82) is 0 Å². The van der Waals surface area contributed by atoms with Crippen molar-refractivity contribution in [2.75, 3.05) is 20.3 Å². The van der Waals surface area contributed by atoms with E-state index in [1.165, 1.54) is 6.07 Å². The first kappa shape index (κ1) is 32.1. The van der Waals surface area contributed by atoms with Crippen molar-refractivity contribution in [2.24, 2.45) is 11.8 Å². The second kappa shape index (κ2) is 13.2. The van der Waals surface area contributed by atoms with Crippen LogP contribution in [0.25, 0.3) is 11.1 Å². The fraction of sp³-hybridized carbons (Fsp3) is 0.452. The molecule has 11 heteroatoms. The molecule has 42 heavy (non-hydrogen) atoms. The number of benzene rings is 2. The van der Waals surface area contributed by atoms with Gasteiger partial charge in [-0.1, -0.05) is 11.6 Å². The molecule has 0 bridgehead atoms. The maximum absolute atomic E-state index is 14.8. The lowest BCUT2D eigenvalue weighted by Crippen LogP contribution is -2.32. The molecule has 2 saturated carbocycles. The number of hydrogen-bond acceptors (Lipinski definition) is 7. The number of halogens is 3. The Labute approximate surface area is 248 Å². The van der Waals surface area contributed by atoms with E-state index in [-0.39, 0.29) is 45.9 Å². The third-order valence-electron chi connectivity index (χ3n) is 8.22. The predicted octanol–water partition coefficient (Wildman–Crippen LogP) is 5.19. The summed E-state index contributed by atoms with van der Waals surface area (Å²) < 4.78 is 41.1. The minimum atomic E-state index is -0.720. The van der Waals surface area contributed by atoms with E-state index in [4.69, 9.17) is 36.0 Å². The van der Waals surface area contributed by atoms with Crippen LogP contribution in [-0.4, -0.2) is 52.7 Å². The first-order valence-electron chi connectivity index (χ1n) is 13.7. The Morgan fingerprint density at radius 3 is 2.50 bits per heavy atom. The Bertz CT molecular complexity index is 1400. The molecule has 6 rings (SSSR count). The average Bonchev–Trinajstić information content (AvgIpc) is 3.30. The molecule has 228 valence electrons. The van der Waals surface area contributed by atoms with Crippen molar-refractivity contribution in [2.45, 2.75) is 57.3 Å². The second-order valence-corrected chi connectivity index (χ2v) is 11.2. The Morgan fingerprint density at radius 2 is 1.81 bits per heavy atom. The third-order valence-corrected chi connectivity index (χ3v) is 8.53. The third kappa shape index (κ3) is 6.24. The molecule has 3 aromatic rings. The second-order valence-electron chi connectivity index (χ2n) is 10.8. The average molecular weight is 608 g/mol.